The van der Waals surface area contributed by atoms with Crippen molar-refractivity contribution in [3.8, 4) is 11.5 Å². The van der Waals surface area contributed by atoms with Gasteiger partial charge in [-0.15, -0.1) is 0 Å². The monoisotopic (exact) mass is 529 g/mol. The van der Waals surface area contributed by atoms with Crippen LogP contribution in [0.3, 0.4) is 0 Å². The number of carbonyl (C=O) groups excluding carboxylic acids is 1. The topological polar surface area (TPSA) is 71.0 Å². The highest BCUT2D eigenvalue weighted by molar-refractivity contribution is 5.79. The summed E-state index contributed by atoms with van der Waals surface area (Å²) >= 11 is 0. The van der Waals surface area contributed by atoms with Crippen molar-refractivity contribution in [2.45, 2.75) is 75.0 Å². The molecule has 2 saturated carbocycles. The van der Waals surface area contributed by atoms with Crippen LogP contribution in [0.2, 0.25) is 0 Å². The summed E-state index contributed by atoms with van der Waals surface area (Å²) in [7, 11) is 5.69. The second-order valence-corrected chi connectivity index (χ2v) is 13.1. The van der Waals surface area contributed by atoms with Crippen LogP contribution in [-0.4, -0.2) is 84.7 Å². The number of piperidine rings is 1. The molecule has 0 radical (unpaired) electrons. The van der Waals surface area contributed by atoms with Crippen LogP contribution in [0.25, 0.3) is 0 Å². The Morgan fingerprint density at radius 1 is 1.13 bits per heavy atom. The highest BCUT2D eigenvalue weighted by Gasteiger charge is 2.74. The first-order valence-electron chi connectivity index (χ1n) is 14.8. The van der Waals surface area contributed by atoms with E-state index in [1.165, 1.54) is 30.5 Å². The number of methoxy groups -OCH3 is 1. The van der Waals surface area contributed by atoms with Gasteiger partial charge in [0.15, 0.2) is 11.5 Å². The predicted octanol–water partition coefficient (Wildman–Crippen LogP) is 3.21. The molecule has 3 aliphatic carbocycles. The van der Waals surface area contributed by atoms with Crippen LogP contribution < -0.4 is 14.4 Å². The van der Waals surface area contributed by atoms with Gasteiger partial charge in [-0.3, -0.25) is 9.69 Å². The van der Waals surface area contributed by atoms with E-state index < -0.39 is 0 Å². The van der Waals surface area contributed by atoms with Gasteiger partial charge < -0.3 is 19.3 Å². The Hall–Kier alpha value is -2.87. The Balaban J connectivity index is 1.19. The number of likely N-dealkylation sites (tertiary alicyclic amines) is 1. The Morgan fingerprint density at radius 3 is 2.69 bits per heavy atom. The number of rotatable bonds is 6. The van der Waals surface area contributed by atoms with E-state index in [-0.39, 0.29) is 35.3 Å². The van der Waals surface area contributed by atoms with Crippen LogP contribution in [0.15, 0.2) is 24.5 Å². The summed E-state index contributed by atoms with van der Waals surface area (Å²) in [5.74, 6) is 3.39. The lowest BCUT2D eigenvalue weighted by Gasteiger charge is -2.66. The van der Waals surface area contributed by atoms with Crippen molar-refractivity contribution in [3.05, 3.63) is 41.5 Å². The maximum Gasteiger partial charge on any atom is 0.230 e. The molecule has 2 aromatic rings. The van der Waals surface area contributed by atoms with Crippen molar-refractivity contribution < 1.29 is 14.3 Å². The zero-order chi connectivity index (χ0) is 26.5. The van der Waals surface area contributed by atoms with E-state index in [1.807, 2.05) is 19.0 Å². The smallest absolute Gasteiger partial charge is 0.230 e. The normalized spacial score (nSPS) is 33.8. The fourth-order valence-corrected chi connectivity index (χ4v) is 9.36. The van der Waals surface area contributed by atoms with Gasteiger partial charge in [-0.1, -0.05) is 6.07 Å². The minimum absolute atomic E-state index is 0.0225. The van der Waals surface area contributed by atoms with Gasteiger partial charge >= 0.3 is 0 Å². The number of nitrogens with zero attached hydrogens (tertiary/aromatic N) is 5. The average molecular weight is 530 g/mol. The second-order valence-electron chi connectivity index (χ2n) is 13.1. The molecule has 4 bridgehead atoms. The average Bonchev–Trinajstić information content (AvgIpc) is 3.73. The highest BCUT2D eigenvalue weighted by Crippen LogP contribution is 2.71. The molecule has 2 spiro atoms. The summed E-state index contributed by atoms with van der Waals surface area (Å²) in [6.45, 7) is 3.16. The van der Waals surface area contributed by atoms with Gasteiger partial charge in [0, 0.05) is 49.6 Å². The molecule has 9 rings (SSSR count). The maximum absolute atomic E-state index is 14.0. The minimum Gasteiger partial charge on any atom is -0.493 e. The van der Waals surface area contributed by atoms with Gasteiger partial charge in [0.25, 0.3) is 0 Å². The molecule has 5 heterocycles. The number of carbonyl (C=O) groups is 1. The Labute approximate surface area is 230 Å². The van der Waals surface area contributed by atoms with Crippen LogP contribution in [-0.2, 0) is 23.1 Å². The van der Waals surface area contributed by atoms with Gasteiger partial charge in [-0.2, -0.15) is 0 Å². The second kappa shape index (κ2) is 8.32. The molecule has 0 unspecified atom stereocenters. The molecule has 1 aromatic heterocycles. The fourth-order valence-electron chi connectivity index (χ4n) is 9.36. The van der Waals surface area contributed by atoms with E-state index in [4.69, 9.17) is 9.47 Å². The lowest BCUT2D eigenvalue weighted by Crippen LogP contribution is -2.72. The summed E-state index contributed by atoms with van der Waals surface area (Å²) in [4.78, 5) is 30.0. The summed E-state index contributed by atoms with van der Waals surface area (Å²) in [6.07, 6.45) is 12.0. The summed E-state index contributed by atoms with van der Waals surface area (Å²) in [5.41, 5.74) is 3.90. The molecule has 1 aromatic carbocycles. The van der Waals surface area contributed by atoms with Crippen LogP contribution in [0, 0.1) is 11.3 Å². The van der Waals surface area contributed by atoms with Crippen molar-refractivity contribution in [2.75, 3.05) is 45.7 Å². The Bertz CT molecular complexity index is 1330. The largest absolute Gasteiger partial charge is 0.493 e. The van der Waals surface area contributed by atoms with Gasteiger partial charge in [0.2, 0.25) is 5.91 Å². The summed E-state index contributed by atoms with van der Waals surface area (Å²) in [6, 6.07) is 4.99. The van der Waals surface area contributed by atoms with E-state index in [1.54, 1.807) is 19.5 Å². The molecule has 5 fully saturated rings. The number of fused-ring (bicyclic) bond motifs is 3. The quantitative estimate of drug-likeness (QED) is 0.569. The molecule has 206 valence electrons. The van der Waals surface area contributed by atoms with E-state index in [0.29, 0.717) is 11.9 Å². The Kier molecular flexibility index (Phi) is 5.11. The molecule has 1 amide bonds. The van der Waals surface area contributed by atoms with E-state index in [2.05, 4.69) is 31.9 Å². The zero-order valence-corrected chi connectivity index (χ0v) is 23.4. The molecule has 8 nitrogen and oxygen atoms in total. The lowest BCUT2D eigenvalue weighted by molar-refractivity contribution is -0.143. The molecular formula is C31H39N5O3. The lowest BCUT2D eigenvalue weighted by atomic mass is 9.42. The SMILES string of the molecule is COc1ccc2c3c1O[C@H]1[C@H]4CC[C@@]5(CCN4C(=O)Cc4ncc(N(C)C)cn4)[C@@H](C2)N(CC2CC2)CC[C@]315. The molecule has 39 heavy (non-hydrogen) atoms. The van der Waals surface area contributed by atoms with Crippen molar-refractivity contribution in [3.63, 3.8) is 0 Å². The number of hydrogen-bond donors (Lipinski definition) is 0. The van der Waals surface area contributed by atoms with Crippen molar-refractivity contribution in [1.29, 1.82) is 0 Å². The fraction of sp³-hybridized carbons (Fsp3) is 0.645. The van der Waals surface area contributed by atoms with Gasteiger partial charge in [0.05, 0.1) is 37.7 Å². The third kappa shape index (κ3) is 3.18. The van der Waals surface area contributed by atoms with E-state index >= 15 is 0 Å². The van der Waals surface area contributed by atoms with Crippen LogP contribution in [0.1, 0.15) is 55.5 Å². The van der Waals surface area contributed by atoms with Crippen LogP contribution in [0.4, 0.5) is 5.69 Å². The molecule has 7 aliphatic rings. The first kappa shape index (κ1) is 24.0. The number of aromatic nitrogens is 2. The van der Waals surface area contributed by atoms with Gasteiger partial charge in [-0.25, -0.2) is 9.97 Å². The first-order valence-corrected chi connectivity index (χ1v) is 14.8. The maximum atomic E-state index is 14.0. The molecule has 5 atom stereocenters. The van der Waals surface area contributed by atoms with E-state index in [0.717, 1.165) is 68.3 Å². The van der Waals surface area contributed by atoms with Crippen molar-refractivity contribution >= 4 is 11.6 Å². The molecule has 0 N–H and O–H groups in total. The molecular weight excluding hydrogens is 490 g/mol. The number of hydrogen-bond acceptors (Lipinski definition) is 7. The van der Waals surface area contributed by atoms with Crippen LogP contribution >= 0.6 is 0 Å². The third-order valence-electron chi connectivity index (χ3n) is 11.2. The number of ether oxygens (including phenoxy) is 2. The highest BCUT2D eigenvalue weighted by atomic mass is 16.5. The Morgan fingerprint density at radius 2 is 1.95 bits per heavy atom. The number of anilines is 1. The van der Waals surface area contributed by atoms with Gasteiger partial charge in [0.1, 0.15) is 11.9 Å². The van der Waals surface area contributed by atoms with Crippen molar-refractivity contribution in [1.82, 2.24) is 19.8 Å². The molecule has 8 heteroatoms. The number of benzene rings is 1. The zero-order valence-electron chi connectivity index (χ0n) is 23.4. The molecule has 3 saturated heterocycles. The summed E-state index contributed by atoms with van der Waals surface area (Å²) in [5, 5.41) is 0. The molecule has 4 aliphatic heterocycles. The van der Waals surface area contributed by atoms with E-state index in [9.17, 15) is 4.79 Å². The predicted molar refractivity (Wildman–Crippen MR) is 147 cm³/mol. The minimum atomic E-state index is -0.0447. The van der Waals surface area contributed by atoms with Crippen molar-refractivity contribution in [2.24, 2.45) is 11.3 Å². The standard InChI is InChI=1S/C31H39N5O3/c1-34(2)21-16-32-25(33-17-21)15-26(37)36-13-10-30-9-8-22(36)29-31(30)11-12-35(18-19-4-5-19)24(30)14-20-6-7-23(38-3)28(39-29)27(20)31/h6-7,16-17,19,22,24,29H,4-5,8-15,18H2,1-3H3/t22-,24-,29+,30-,31+/m1/s1. The van der Waals surface area contributed by atoms with Crippen LogP contribution in [0.5, 0.6) is 11.5 Å². The first-order chi connectivity index (χ1) is 18.9. The summed E-state index contributed by atoms with van der Waals surface area (Å²) < 4.78 is 12.9. The van der Waals surface area contributed by atoms with Gasteiger partial charge in [-0.05, 0) is 69.0 Å². The number of amides is 1. The third-order valence-corrected chi connectivity index (χ3v) is 11.2.